The number of anilines is 1. The molecule has 3 rings (SSSR count). The van der Waals surface area contributed by atoms with Gasteiger partial charge in [0.1, 0.15) is 5.75 Å². The molecule has 0 radical (unpaired) electrons. The first-order chi connectivity index (χ1) is 13.9. The molecule has 0 spiro atoms. The smallest absolute Gasteiger partial charge is 0.336 e. The molecule has 0 aromatic heterocycles. The molecule has 0 fully saturated rings. The van der Waals surface area contributed by atoms with Crippen molar-refractivity contribution in [2.45, 2.75) is 6.92 Å². The molecule has 0 bridgehead atoms. The van der Waals surface area contributed by atoms with Crippen LogP contribution in [0.5, 0.6) is 5.75 Å². The van der Waals surface area contributed by atoms with Crippen LogP contribution in [0.25, 0.3) is 6.08 Å². The molecule has 4 nitrogen and oxygen atoms in total. The van der Waals surface area contributed by atoms with Crippen LogP contribution in [0.2, 0.25) is 10.0 Å². The van der Waals surface area contributed by atoms with Gasteiger partial charge in [-0.25, -0.2) is 4.79 Å². The lowest BCUT2D eigenvalue weighted by Crippen LogP contribution is -2.12. The summed E-state index contributed by atoms with van der Waals surface area (Å²) in [6.07, 6.45) is 3.03. The topological polar surface area (TPSA) is 55.4 Å². The number of ether oxygens (including phenoxy) is 1. The number of halogens is 2. The van der Waals surface area contributed by atoms with E-state index in [4.69, 9.17) is 27.9 Å². The van der Waals surface area contributed by atoms with Gasteiger partial charge in [0.2, 0.25) is 0 Å². The van der Waals surface area contributed by atoms with Gasteiger partial charge in [-0.2, -0.15) is 0 Å². The zero-order chi connectivity index (χ0) is 20.8. The number of benzene rings is 3. The van der Waals surface area contributed by atoms with E-state index >= 15 is 0 Å². The van der Waals surface area contributed by atoms with Crippen molar-refractivity contribution in [3.05, 3.63) is 99.5 Å². The zero-order valence-electron chi connectivity index (χ0n) is 15.5. The second-order valence-electron chi connectivity index (χ2n) is 6.27. The highest BCUT2D eigenvalue weighted by Gasteiger charge is 2.10. The fourth-order valence-electron chi connectivity index (χ4n) is 2.45. The lowest BCUT2D eigenvalue weighted by molar-refractivity contribution is -0.128. The van der Waals surface area contributed by atoms with Crippen molar-refractivity contribution in [1.82, 2.24) is 0 Å². The monoisotopic (exact) mass is 425 g/mol. The third kappa shape index (κ3) is 5.95. The Morgan fingerprint density at radius 3 is 2.31 bits per heavy atom. The van der Waals surface area contributed by atoms with Gasteiger partial charge in [0.25, 0.3) is 5.91 Å². The van der Waals surface area contributed by atoms with Crippen LogP contribution in [0.15, 0.2) is 72.8 Å². The molecule has 0 saturated heterocycles. The van der Waals surface area contributed by atoms with Crippen LogP contribution in [-0.2, 0) is 4.79 Å². The van der Waals surface area contributed by atoms with Crippen LogP contribution in [0.3, 0.4) is 0 Å². The first-order valence-corrected chi connectivity index (χ1v) is 9.49. The summed E-state index contributed by atoms with van der Waals surface area (Å²) in [6, 6.07) is 18.8. The van der Waals surface area contributed by atoms with E-state index < -0.39 is 5.97 Å². The van der Waals surface area contributed by atoms with E-state index in [1.807, 2.05) is 31.2 Å². The van der Waals surface area contributed by atoms with Gasteiger partial charge in [0, 0.05) is 16.7 Å². The van der Waals surface area contributed by atoms with Gasteiger partial charge in [-0.05, 0) is 61.0 Å². The van der Waals surface area contributed by atoms with Crippen molar-refractivity contribution in [3.8, 4) is 5.75 Å². The van der Waals surface area contributed by atoms with Gasteiger partial charge < -0.3 is 10.1 Å². The van der Waals surface area contributed by atoms with Crippen LogP contribution >= 0.6 is 23.2 Å². The molecule has 0 aliphatic carbocycles. The van der Waals surface area contributed by atoms with Crippen molar-refractivity contribution in [2.24, 2.45) is 0 Å². The predicted molar refractivity (Wildman–Crippen MR) is 117 cm³/mol. The molecule has 146 valence electrons. The number of esters is 1. The predicted octanol–water partition coefficient (Wildman–Crippen LogP) is 6.17. The number of rotatable bonds is 5. The van der Waals surface area contributed by atoms with E-state index in [1.165, 1.54) is 6.08 Å². The lowest BCUT2D eigenvalue weighted by atomic mass is 10.1. The van der Waals surface area contributed by atoms with Gasteiger partial charge in [0.05, 0.1) is 10.7 Å². The summed E-state index contributed by atoms with van der Waals surface area (Å²) in [6.45, 7) is 2.00. The third-order valence-corrected chi connectivity index (χ3v) is 4.57. The summed E-state index contributed by atoms with van der Waals surface area (Å²) in [7, 11) is 0. The van der Waals surface area contributed by atoms with Crippen molar-refractivity contribution in [1.29, 1.82) is 0 Å². The van der Waals surface area contributed by atoms with Gasteiger partial charge in [-0.3, -0.25) is 4.79 Å². The Kier molecular flexibility index (Phi) is 6.70. The maximum Gasteiger partial charge on any atom is 0.336 e. The molecule has 0 aliphatic rings. The molecule has 1 N–H and O–H groups in total. The highest BCUT2D eigenvalue weighted by molar-refractivity contribution is 6.35. The average Bonchev–Trinajstić information content (AvgIpc) is 2.71. The van der Waals surface area contributed by atoms with E-state index in [1.54, 1.807) is 48.5 Å². The molecular weight excluding hydrogens is 409 g/mol. The first kappa shape index (κ1) is 20.6. The summed E-state index contributed by atoms with van der Waals surface area (Å²) >= 11 is 12.0. The molecule has 0 saturated carbocycles. The Morgan fingerprint density at radius 2 is 1.62 bits per heavy atom. The molecule has 0 aliphatic heterocycles. The van der Waals surface area contributed by atoms with Crippen molar-refractivity contribution >= 4 is 46.8 Å². The largest absolute Gasteiger partial charge is 0.423 e. The molecule has 0 atom stereocenters. The number of hydrogen-bond acceptors (Lipinski definition) is 3. The highest BCUT2D eigenvalue weighted by Crippen LogP contribution is 2.26. The van der Waals surface area contributed by atoms with Gasteiger partial charge >= 0.3 is 5.97 Å². The maximum absolute atomic E-state index is 12.4. The minimum absolute atomic E-state index is 0.334. The zero-order valence-corrected chi connectivity index (χ0v) is 17.0. The average molecular weight is 426 g/mol. The molecule has 3 aromatic rings. The van der Waals surface area contributed by atoms with Crippen LogP contribution in [0.4, 0.5) is 5.69 Å². The minimum Gasteiger partial charge on any atom is -0.423 e. The van der Waals surface area contributed by atoms with Crippen molar-refractivity contribution in [2.75, 3.05) is 5.32 Å². The normalized spacial score (nSPS) is 10.7. The summed E-state index contributed by atoms with van der Waals surface area (Å²) in [5, 5.41) is 3.54. The quantitative estimate of drug-likeness (QED) is 0.302. The SMILES string of the molecule is Cc1ccc(/C=C/C(=O)Oc2ccc(C(=O)Nc3cc(Cl)ccc3Cl)cc2)cc1. The standard InChI is InChI=1S/C23H17Cl2NO3/c1-15-2-4-16(5-3-15)6-13-22(27)29-19-10-7-17(8-11-19)23(28)26-21-14-18(24)9-12-20(21)25/h2-14H,1H3,(H,26,28)/b13-6+. The number of carbonyl (C=O) groups is 2. The number of amides is 1. The Balaban J connectivity index is 1.60. The maximum atomic E-state index is 12.4. The van der Waals surface area contributed by atoms with Gasteiger partial charge in [0.15, 0.2) is 0 Å². The molecule has 1 amide bonds. The summed E-state index contributed by atoms with van der Waals surface area (Å²) in [4.78, 5) is 24.3. The summed E-state index contributed by atoms with van der Waals surface area (Å²) in [5.74, 6) is -0.527. The van der Waals surface area contributed by atoms with Gasteiger partial charge in [-0.1, -0.05) is 53.0 Å². The Bertz CT molecular complexity index is 1060. The first-order valence-electron chi connectivity index (χ1n) is 8.74. The summed E-state index contributed by atoms with van der Waals surface area (Å²) < 4.78 is 5.25. The van der Waals surface area contributed by atoms with E-state index in [0.717, 1.165) is 11.1 Å². The fourth-order valence-corrected chi connectivity index (χ4v) is 2.79. The van der Waals surface area contributed by atoms with Crippen LogP contribution in [0.1, 0.15) is 21.5 Å². The number of carbonyl (C=O) groups excluding carboxylic acids is 2. The lowest BCUT2D eigenvalue weighted by Gasteiger charge is -2.08. The number of nitrogens with one attached hydrogen (secondary N) is 1. The Hall–Kier alpha value is -3.08. The Labute approximate surface area is 178 Å². The van der Waals surface area contributed by atoms with Crippen LogP contribution < -0.4 is 10.1 Å². The number of hydrogen-bond donors (Lipinski definition) is 1. The van der Waals surface area contributed by atoms with E-state index in [9.17, 15) is 9.59 Å². The molecular formula is C23H17Cl2NO3. The van der Waals surface area contributed by atoms with E-state index in [0.29, 0.717) is 27.0 Å². The van der Waals surface area contributed by atoms with E-state index in [2.05, 4.69) is 5.32 Å². The Morgan fingerprint density at radius 1 is 0.931 bits per heavy atom. The minimum atomic E-state index is -0.506. The second-order valence-corrected chi connectivity index (χ2v) is 7.11. The van der Waals surface area contributed by atoms with Crippen molar-refractivity contribution < 1.29 is 14.3 Å². The fraction of sp³-hybridized carbons (Fsp3) is 0.0435. The highest BCUT2D eigenvalue weighted by atomic mass is 35.5. The van der Waals surface area contributed by atoms with Crippen molar-refractivity contribution in [3.63, 3.8) is 0 Å². The third-order valence-electron chi connectivity index (χ3n) is 4.00. The molecule has 0 heterocycles. The number of aryl methyl sites for hydroxylation is 1. The van der Waals surface area contributed by atoms with E-state index in [-0.39, 0.29) is 5.91 Å². The molecule has 3 aromatic carbocycles. The molecule has 29 heavy (non-hydrogen) atoms. The second kappa shape index (κ2) is 9.41. The molecule has 6 heteroatoms. The molecule has 0 unspecified atom stereocenters. The van der Waals surface area contributed by atoms with Gasteiger partial charge in [-0.15, -0.1) is 0 Å². The van der Waals surface area contributed by atoms with Crippen LogP contribution in [-0.4, -0.2) is 11.9 Å². The van der Waals surface area contributed by atoms with Crippen LogP contribution in [0, 0.1) is 6.92 Å². The summed E-state index contributed by atoms with van der Waals surface area (Å²) in [5.41, 5.74) is 2.85.